The molecule has 0 saturated carbocycles. The van der Waals surface area contributed by atoms with E-state index in [1.165, 1.54) is 0 Å². The molecule has 5 heteroatoms. The van der Waals surface area contributed by atoms with E-state index in [4.69, 9.17) is 0 Å². The van der Waals surface area contributed by atoms with Crippen molar-refractivity contribution in [1.29, 1.82) is 0 Å². The first-order valence-electron chi connectivity index (χ1n) is 2.89. The van der Waals surface area contributed by atoms with Gasteiger partial charge in [0.25, 0.3) is 0 Å². The van der Waals surface area contributed by atoms with E-state index in [1.807, 2.05) is 0 Å². The third kappa shape index (κ3) is 2.15. The molecule has 0 aromatic rings. The Morgan fingerprint density at radius 1 is 1.40 bits per heavy atom. The van der Waals surface area contributed by atoms with E-state index in [-0.39, 0.29) is 6.42 Å². The molecule has 1 aliphatic heterocycles. The maximum absolute atomic E-state index is 11.7. The molecule has 60 valence electrons. The highest BCUT2D eigenvalue weighted by atomic mass is 19.4. The van der Waals surface area contributed by atoms with Gasteiger partial charge in [-0.3, -0.25) is 0 Å². The first kappa shape index (κ1) is 7.81. The molecule has 0 aromatic carbocycles. The van der Waals surface area contributed by atoms with Crippen LogP contribution in [0.2, 0.25) is 0 Å². The fraction of sp³-hybridized carbons (Fsp3) is 1.00. The van der Waals surface area contributed by atoms with Crippen LogP contribution in [0.4, 0.5) is 13.2 Å². The van der Waals surface area contributed by atoms with Crippen molar-refractivity contribution in [3.8, 4) is 0 Å². The lowest BCUT2D eigenvalue weighted by atomic mass is 10.1. The summed E-state index contributed by atoms with van der Waals surface area (Å²) in [5.74, 6) is -1.35. The second-order valence-electron chi connectivity index (χ2n) is 2.30. The molecule has 2 nitrogen and oxygen atoms in total. The van der Waals surface area contributed by atoms with Gasteiger partial charge in [-0.05, 0) is 0 Å². The van der Waals surface area contributed by atoms with Gasteiger partial charge in [0.05, 0.1) is 5.92 Å². The standard InChI is InChI=1S/C5H7F3O2/c1-3(5(6,7)8)2-4-9-10-4/h3-4H,2H2,1H3. The molecule has 0 aliphatic carbocycles. The lowest BCUT2D eigenvalue weighted by molar-refractivity contribution is -0.172. The Hall–Kier alpha value is -0.290. The van der Waals surface area contributed by atoms with Crippen LogP contribution >= 0.6 is 0 Å². The van der Waals surface area contributed by atoms with Crippen LogP contribution in [0, 0.1) is 5.92 Å². The van der Waals surface area contributed by atoms with Crippen molar-refractivity contribution in [2.75, 3.05) is 0 Å². The predicted molar refractivity (Wildman–Crippen MR) is 25.8 cm³/mol. The Labute approximate surface area is 55.8 Å². The quantitative estimate of drug-likeness (QED) is 0.450. The summed E-state index contributed by atoms with van der Waals surface area (Å²) in [4.78, 5) is 8.35. The van der Waals surface area contributed by atoms with Gasteiger partial charge in [0.15, 0.2) is 0 Å². The molecule has 1 aliphatic rings. The van der Waals surface area contributed by atoms with Gasteiger partial charge in [0.1, 0.15) is 0 Å². The summed E-state index contributed by atoms with van der Waals surface area (Å²) in [7, 11) is 0. The molecule has 0 amide bonds. The number of halogens is 3. The molecular weight excluding hydrogens is 149 g/mol. The summed E-state index contributed by atoms with van der Waals surface area (Å²) < 4.78 is 35.2. The molecule has 0 aromatic heterocycles. The van der Waals surface area contributed by atoms with E-state index in [1.54, 1.807) is 0 Å². The van der Waals surface area contributed by atoms with E-state index in [0.717, 1.165) is 6.92 Å². The molecule has 1 saturated heterocycles. The highest BCUT2D eigenvalue weighted by molar-refractivity contribution is 4.65. The Morgan fingerprint density at radius 3 is 2.20 bits per heavy atom. The molecule has 0 spiro atoms. The Kier molecular flexibility index (Phi) is 1.87. The highest BCUT2D eigenvalue weighted by Gasteiger charge is 2.41. The zero-order valence-electron chi connectivity index (χ0n) is 5.31. The van der Waals surface area contributed by atoms with Crippen LogP contribution in [0.3, 0.4) is 0 Å². The predicted octanol–water partition coefficient (Wildman–Crippen LogP) is 1.86. The summed E-state index contributed by atoms with van der Waals surface area (Å²) in [5, 5.41) is 0. The van der Waals surface area contributed by atoms with Crippen LogP contribution in [-0.2, 0) is 9.78 Å². The largest absolute Gasteiger partial charge is 0.391 e. The van der Waals surface area contributed by atoms with Crippen LogP contribution in [0.15, 0.2) is 0 Å². The van der Waals surface area contributed by atoms with Crippen LogP contribution < -0.4 is 0 Å². The molecule has 1 fully saturated rings. The van der Waals surface area contributed by atoms with Crippen LogP contribution in [0.25, 0.3) is 0 Å². The average Bonchev–Trinajstić information content (AvgIpc) is 2.47. The first-order valence-corrected chi connectivity index (χ1v) is 2.89. The Morgan fingerprint density at radius 2 is 1.90 bits per heavy atom. The number of alkyl halides is 3. The number of hydrogen-bond donors (Lipinski definition) is 0. The van der Waals surface area contributed by atoms with Crippen molar-refractivity contribution in [2.24, 2.45) is 5.92 Å². The van der Waals surface area contributed by atoms with E-state index >= 15 is 0 Å². The van der Waals surface area contributed by atoms with Gasteiger partial charge < -0.3 is 0 Å². The fourth-order valence-electron chi connectivity index (χ4n) is 0.540. The van der Waals surface area contributed by atoms with Crippen molar-refractivity contribution in [2.45, 2.75) is 25.8 Å². The van der Waals surface area contributed by atoms with Crippen LogP contribution in [-0.4, -0.2) is 12.5 Å². The molecule has 1 atom stereocenters. The van der Waals surface area contributed by atoms with Gasteiger partial charge in [-0.1, -0.05) is 6.92 Å². The monoisotopic (exact) mass is 156 g/mol. The topological polar surface area (TPSA) is 25.1 Å². The summed E-state index contributed by atoms with van der Waals surface area (Å²) in [5.41, 5.74) is 0. The van der Waals surface area contributed by atoms with Crippen molar-refractivity contribution < 1.29 is 22.9 Å². The van der Waals surface area contributed by atoms with Gasteiger partial charge in [-0.2, -0.15) is 22.9 Å². The normalized spacial score (nSPS) is 22.8. The molecule has 0 bridgehead atoms. The molecule has 1 heterocycles. The maximum atomic E-state index is 11.7. The summed E-state index contributed by atoms with van der Waals surface area (Å²) >= 11 is 0. The number of rotatable bonds is 2. The van der Waals surface area contributed by atoms with Crippen molar-refractivity contribution in [1.82, 2.24) is 0 Å². The first-order chi connectivity index (χ1) is 4.50. The SMILES string of the molecule is CC(CC1OO1)C(F)(F)F. The summed E-state index contributed by atoms with van der Waals surface area (Å²) in [6.07, 6.45) is -4.87. The molecular formula is C5H7F3O2. The minimum Gasteiger partial charge on any atom is -0.199 e. The van der Waals surface area contributed by atoms with Gasteiger partial charge in [0.2, 0.25) is 6.29 Å². The minimum absolute atomic E-state index is 0.108. The van der Waals surface area contributed by atoms with Gasteiger partial charge in [-0.15, -0.1) is 0 Å². The van der Waals surface area contributed by atoms with Crippen molar-refractivity contribution in [3.05, 3.63) is 0 Å². The second-order valence-corrected chi connectivity index (χ2v) is 2.30. The maximum Gasteiger partial charge on any atom is 0.391 e. The lowest BCUT2D eigenvalue weighted by Crippen LogP contribution is -2.21. The van der Waals surface area contributed by atoms with Gasteiger partial charge in [-0.25, -0.2) is 0 Å². The van der Waals surface area contributed by atoms with Crippen molar-refractivity contribution >= 4 is 0 Å². The summed E-state index contributed by atoms with van der Waals surface area (Å²) in [6, 6.07) is 0. The average molecular weight is 156 g/mol. The third-order valence-corrected chi connectivity index (χ3v) is 1.34. The zero-order valence-corrected chi connectivity index (χ0v) is 5.31. The van der Waals surface area contributed by atoms with E-state index in [9.17, 15) is 13.2 Å². The molecule has 0 radical (unpaired) electrons. The lowest BCUT2D eigenvalue weighted by Gasteiger charge is -2.12. The fourth-order valence-corrected chi connectivity index (χ4v) is 0.540. The van der Waals surface area contributed by atoms with Gasteiger partial charge >= 0.3 is 6.18 Å². The van der Waals surface area contributed by atoms with E-state index < -0.39 is 18.4 Å². The molecule has 10 heavy (non-hydrogen) atoms. The Bertz CT molecular complexity index is 119. The van der Waals surface area contributed by atoms with Crippen molar-refractivity contribution in [3.63, 3.8) is 0 Å². The highest BCUT2D eigenvalue weighted by Crippen LogP contribution is 2.32. The molecule has 0 N–H and O–H groups in total. The van der Waals surface area contributed by atoms with Crippen LogP contribution in [0.1, 0.15) is 13.3 Å². The van der Waals surface area contributed by atoms with E-state index in [0.29, 0.717) is 0 Å². The molecule has 1 unspecified atom stereocenters. The smallest absolute Gasteiger partial charge is 0.199 e. The zero-order chi connectivity index (χ0) is 7.78. The Balaban J connectivity index is 2.25. The minimum atomic E-state index is -4.13. The summed E-state index contributed by atoms with van der Waals surface area (Å²) in [6.45, 7) is 1.10. The second kappa shape index (κ2) is 2.39. The molecule has 1 rings (SSSR count). The third-order valence-electron chi connectivity index (χ3n) is 1.34. The van der Waals surface area contributed by atoms with E-state index in [2.05, 4.69) is 9.78 Å². The van der Waals surface area contributed by atoms with Gasteiger partial charge in [0, 0.05) is 6.42 Å². The van der Waals surface area contributed by atoms with Crippen LogP contribution in [0.5, 0.6) is 0 Å². The number of hydrogen-bond acceptors (Lipinski definition) is 2.